The van der Waals surface area contributed by atoms with E-state index in [0.717, 1.165) is 0 Å². The first-order valence-corrected chi connectivity index (χ1v) is 4.74. The highest BCUT2D eigenvalue weighted by Crippen LogP contribution is 2.21. The van der Waals surface area contributed by atoms with Crippen molar-refractivity contribution in [2.24, 2.45) is 5.73 Å². The fourth-order valence-electron chi connectivity index (χ4n) is 1.39. The molecule has 0 aromatic heterocycles. The second kappa shape index (κ2) is 7.36. The molecule has 1 aliphatic heterocycles. The molecular formula is C8H18ClNO6. The van der Waals surface area contributed by atoms with Crippen LogP contribution in [-0.4, -0.2) is 70.9 Å². The monoisotopic (exact) mass is 259 g/mol. The van der Waals surface area contributed by atoms with E-state index in [0.29, 0.717) is 0 Å². The van der Waals surface area contributed by atoms with Gasteiger partial charge in [0.15, 0.2) is 6.29 Å². The maximum atomic E-state index is 9.47. The maximum absolute atomic E-state index is 9.47. The van der Waals surface area contributed by atoms with Crippen LogP contribution in [-0.2, 0) is 9.47 Å². The molecule has 0 aliphatic carbocycles. The fraction of sp³-hybridized carbons (Fsp3) is 1.00. The van der Waals surface area contributed by atoms with Gasteiger partial charge < -0.3 is 35.6 Å². The summed E-state index contributed by atoms with van der Waals surface area (Å²) < 4.78 is 10.1. The van der Waals surface area contributed by atoms with E-state index in [4.69, 9.17) is 20.3 Å². The molecule has 5 atom stereocenters. The second-order valence-electron chi connectivity index (χ2n) is 3.36. The first-order valence-electron chi connectivity index (χ1n) is 4.74. The molecule has 1 saturated heterocycles. The number of halogens is 1. The van der Waals surface area contributed by atoms with Crippen molar-refractivity contribution in [1.29, 1.82) is 0 Å². The van der Waals surface area contributed by atoms with Gasteiger partial charge in [0.2, 0.25) is 0 Å². The van der Waals surface area contributed by atoms with Crippen molar-refractivity contribution in [3.63, 3.8) is 0 Å². The van der Waals surface area contributed by atoms with Crippen LogP contribution in [0.1, 0.15) is 0 Å². The van der Waals surface area contributed by atoms with E-state index in [1.165, 1.54) is 0 Å². The van der Waals surface area contributed by atoms with E-state index >= 15 is 0 Å². The lowest BCUT2D eigenvalue weighted by Crippen LogP contribution is -2.59. The Hall–Kier alpha value is 0.01000. The Kier molecular flexibility index (Phi) is 7.36. The fourth-order valence-corrected chi connectivity index (χ4v) is 1.39. The van der Waals surface area contributed by atoms with Crippen LogP contribution < -0.4 is 5.73 Å². The van der Waals surface area contributed by atoms with Crippen molar-refractivity contribution in [2.75, 3.05) is 19.8 Å². The van der Waals surface area contributed by atoms with Crippen molar-refractivity contribution >= 4 is 12.4 Å². The maximum Gasteiger partial charge on any atom is 0.186 e. The quantitative estimate of drug-likeness (QED) is 0.369. The molecule has 0 bridgehead atoms. The predicted molar refractivity (Wildman–Crippen MR) is 56.0 cm³/mol. The number of nitrogens with two attached hydrogens (primary N) is 1. The topological polar surface area (TPSA) is 125 Å². The Morgan fingerprint density at radius 3 is 2.25 bits per heavy atom. The average molecular weight is 260 g/mol. The van der Waals surface area contributed by atoms with Gasteiger partial charge in [-0.3, -0.25) is 0 Å². The molecule has 0 saturated carbocycles. The SMILES string of the molecule is Cl.NCCO[C@@H]1O[C@H](CO)[C@@H](O)[C@H](O)[C@H]1O. The zero-order valence-corrected chi connectivity index (χ0v) is 9.42. The Balaban J connectivity index is 0.00000225. The summed E-state index contributed by atoms with van der Waals surface area (Å²) in [6.07, 6.45) is -6.13. The molecule has 6 N–H and O–H groups in total. The Bertz CT molecular complexity index is 195. The first kappa shape index (κ1) is 16.0. The molecule has 0 radical (unpaired) electrons. The summed E-state index contributed by atoms with van der Waals surface area (Å²) in [5, 5.41) is 37.1. The Labute approximate surface area is 99.2 Å². The van der Waals surface area contributed by atoms with Crippen LogP contribution in [0.5, 0.6) is 0 Å². The van der Waals surface area contributed by atoms with E-state index in [9.17, 15) is 15.3 Å². The average Bonchev–Trinajstić information content (AvgIpc) is 2.25. The van der Waals surface area contributed by atoms with Gasteiger partial charge in [-0.2, -0.15) is 0 Å². The van der Waals surface area contributed by atoms with Crippen LogP contribution >= 0.6 is 12.4 Å². The van der Waals surface area contributed by atoms with Gasteiger partial charge in [-0.1, -0.05) is 0 Å². The van der Waals surface area contributed by atoms with Crippen LogP contribution in [0, 0.1) is 0 Å². The van der Waals surface area contributed by atoms with E-state index in [2.05, 4.69) is 0 Å². The van der Waals surface area contributed by atoms with Crippen LogP contribution in [0.3, 0.4) is 0 Å². The van der Waals surface area contributed by atoms with Gasteiger partial charge in [0, 0.05) is 6.54 Å². The van der Waals surface area contributed by atoms with Crippen molar-refractivity contribution < 1.29 is 29.9 Å². The summed E-state index contributed by atoms with van der Waals surface area (Å²) in [5.74, 6) is 0. The summed E-state index contributed by atoms with van der Waals surface area (Å²) in [4.78, 5) is 0. The van der Waals surface area contributed by atoms with Crippen molar-refractivity contribution in [3.8, 4) is 0 Å². The van der Waals surface area contributed by atoms with Crippen molar-refractivity contribution in [2.45, 2.75) is 30.7 Å². The third-order valence-electron chi connectivity index (χ3n) is 2.25. The molecule has 1 heterocycles. The highest BCUT2D eigenvalue weighted by Gasteiger charge is 2.43. The molecule has 16 heavy (non-hydrogen) atoms. The van der Waals surface area contributed by atoms with E-state index in [-0.39, 0.29) is 25.6 Å². The number of hydrogen-bond acceptors (Lipinski definition) is 7. The molecule has 7 nitrogen and oxygen atoms in total. The lowest BCUT2D eigenvalue weighted by atomic mass is 9.99. The lowest BCUT2D eigenvalue weighted by molar-refractivity contribution is -0.300. The van der Waals surface area contributed by atoms with E-state index < -0.39 is 37.3 Å². The van der Waals surface area contributed by atoms with Crippen LogP contribution in [0.2, 0.25) is 0 Å². The molecule has 98 valence electrons. The number of rotatable bonds is 4. The normalized spacial score (nSPS) is 39.2. The van der Waals surface area contributed by atoms with E-state index in [1.807, 2.05) is 0 Å². The second-order valence-corrected chi connectivity index (χ2v) is 3.36. The number of aliphatic hydroxyl groups excluding tert-OH is 4. The number of hydrogen-bond donors (Lipinski definition) is 5. The zero-order valence-electron chi connectivity index (χ0n) is 8.60. The summed E-state index contributed by atoms with van der Waals surface area (Å²) in [7, 11) is 0. The third-order valence-corrected chi connectivity index (χ3v) is 2.25. The first-order chi connectivity index (χ1) is 7.11. The van der Waals surface area contributed by atoms with Crippen molar-refractivity contribution in [1.82, 2.24) is 0 Å². The summed E-state index contributed by atoms with van der Waals surface area (Å²) in [5.41, 5.74) is 5.20. The van der Waals surface area contributed by atoms with Gasteiger partial charge in [-0.15, -0.1) is 12.4 Å². The summed E-state index contributed by atoms with van der Waals surface area (Å²) in [6, 6.07) is 0. The van der Waals surface area contributed by atoms with Gasteiger partial charge in [0.25, 0.3) is 0 Å². The van der Waals surface area contributed by atoms with Crippen LogP contribution in [0.15, 0.2) is 0 Å². The van der Waals surface area contributed by atoms with Gasteiger partial charge in [0.05, 0.1) is 13.2 Å². The molecule has 0 spiro atoms. The molecule has 8 heteroatoms. The minimum Gasteiger partial charge on any atom is -0.394 e. The third kappa shape index (κ3) is 3.51. The molecule has 1 fully saturated rings. The predicted octanol–water partition coefficient (Wildman–Crippen LogP) is -2.82. The molecule has 1 rings (SSSR count). The zero-order chi connectivity index (χ0) is 11.4. The minimum atomic E-state index is -1.40. The van der Waals surface area contributed by atoms with Gasteiger partial charge in [-0.25, -0.2) is 0 Å². The highest BCUT2D eigenvalue weighted by atomic mass is 35.5. The molecule has 0 amide bonds. The highest BCUT2D eigenvalue weighted by molar-refractivity contribution is 5.85. The van der Waals surface area contributed by atoms with Crippen LogP contribution in [0.4, 0.5) is 0 Å². The molecule has 0 aromatic rings. The van der Waals surface area contributed by atoms with E-state index in [1.54, 1.807) is 0 Å². The van der Waals surface area contributed by atoms with Gasteiger partial charge in [0.1, 0.15) is 24.4 Å². The van der Waals surface area contributed by atoms with Gasteiger partial charge >= 0.3 is 0 Å². The standard InChI is InChI=1S/C8H17NO6.ClH/c9-1-2-14-8-7(13)6(12)5(11)4(3-10)15-8;/h4-8,10-13H,1-3,9H2;1H/t4-,5-,6+,7-,8-;/m1./s1. The van der Waals surface area contributed by atoms with Crippen LogP contribution in [0.25, 0.3) is 0 Å². The largest absolute Gasteiger partial charge is 0.394 e. The Morgan fingerprint density at radius 2 is 1.75 bits per heavy atom. The Morgan fingerprint density at radius 1 is 1.12 bits per heavy atom. The molecule has 1 aliphatic rings. The molecule has 0 aromatic carbocycles. The number of aliphatic hydroxyl groups is 4. The number of ether oxygens (including phenoxy) is 2. The summed E-state index contributed by atoms with van der Waals surface area (Å²) >= 11 is 0. The summed E-state index contributed by atoms with van der Waals surface area (Å²) in [6.45, 7) is -0.0643. The van der Waals surface area contributed by atoms with Crippen molar-refractivity contribution in [3.05, 3.63) is 0 Å². The minimum absolute atomic E-state index is 0. The smallest absolute Gasteiger partial charge is 0.186 e. The molecular weight excluding hydrogens is 242 g/mol. The van der Waals surface area contributed by atoms with Gasteiger partial charge in [-0.05, 0) is 0 Å². The lowest BCUT2D eigenvalue weighted by Gasteiger charge is -2.39. The molecule has 0 unspecified atom stereocenters.